The number of rotatable bonds is 3. The van der Waals surface area contributed by atoms with Crippen molar-refractivity contribution in [3.63, 3.8) is 0 Å². The number of hydrogen-bond acceptors (Lipinski definition) is 7. The van der Waals surface area contributed by atoms with Gasteiger partial charge in [0.05, 0.1) is 23.5 Å². The van der Waals surface area contributed by atoms with E-state index in [0.29, 0.717) is 22.3 Å². The maximum Gasteiger partial charge on any atom is 0.258 e. The third-order valence-electron chi connectivity index (χ3n) is 2.82. The van der Waals surface area contributed by atoms with Crippen molar-refractivity contribution >= 4 is 28.6 Å². The van der Waals surface area contributed by atoms with Gasteiger partial charge < -0.3 is 5.43 Å². The van der Waals surface area contributed by atoms with E-state index in [0.717, 1.165) is 0 Å². The number of nitrogens with zero attached hydrogens (tertiary/aromatic N) is 4. The first kappa shape index (κ1) is 12.9. The van der Waals surface area contributed by atoms with Gasteiger partial charge in [-0.15, -0.1) is 5.10 Å². The molecule has 0 aliphatic heterocycles. The summed E-state index contributed by atoms with van der Waals surface area (Å²) in [7, 11) is 0. The number of carbonyl (C=O) groups excluding carboxylic acids is 1. The molecule has 0 aliphatic carbocycles. The van der Waals surface area contributed by atoms with E-state index in [9.17, 15) is 4.79 Å². The van der Waals surface area contributed by atoms with Crippen LogP contribution in [0.15, 0.2) is 42.7 Å². The number of hydrazine groups is 1. The fraction of sp³-hybridized carbons (Fsp3) is 0. The van der Waals surface area contributed by atoms with E-state index in [2.05, 4.69) is 30.9 Å². The van der Waals surface area contributed by atoms with E-state index < -0.39 is 0 Å². The molecule has 0 spiro atoms. The van der Waals surface area contributed by atoms with Crippen LogP contribution in [0.4, 0.5) is 11.8 Å². The number of nitrogen functional groups attached to an aromatic ring is 1. The van der Waals surface area contributed by atoms with E-state index in [-0.39, 0.29) is 11.9 Å². The van der Waals surface area contributed by atoms with Crippen molar-refractivity contribution in [1.29, 1.82) is 0 Å². The Balaban J connectivity index is 2.04. The normalized spacial score (nSPS) is 10.3. The molecule has 1 amide bonds. The molecule has 0 aliphatic rings. The van der Waals surface area contributed by atoms with Crippen molar-refractivity contribution < 1.29 is 4.79 Å². The molecule has 2 heterocycles. The standard InChI is InChI=1S/C13H11N7O/c14-19-11-7-9(8-3-1-2-4-10(8)17-11)12(21)18-13-15-5-6-16-20-13/h1-7H,14H2,(H,17,19)(H,15,18,20,21). The van der Waals surface area contributed by atoms with Gasteiger partial charge in [0.2, 0.25) is 5.95 Å². The number of para-hydroxylation sites is 1. The van der Waals surface area contributed by atoms with Gasteiger partial charge in [-0.25, -0.2) is 15.8 Å². The zero-order valence-electron chi connectivity index (χ0n) is 10.8. The number of anilines is 2. The van der Waals surface area contributed by atoms with Gasteiger partial charge in [-0.1, -0.05) is 18.2 Å². The van der Waals surface area contributed by atoms with Crippen molar-refractivity contribution in [2.24, 2.45) is 5.84 Å². The molecule has 0 radical (unpaired) electrons. The summed E-state index contributed by atoms with van der Waals surface area (Å²) in [6.07, 6.45) is 2.87. The van der Waals surface area contributed by atoms with Crippen LogP contribution in [0, 0.1) is 0 Å². The number of benzene rings is 1. The van der Waals surface area contributed by atoms with E-state index in [4.69, 9.17) is 5.84 Å². The molecule has 2 aromatic heterocycles. The molecular weight excluding hydrogens is 270 g/mol. The zero-order valence-corrected chi connectivity index (χ0v) is 10.8. The monoisotopic (exact) mass is 281 g/mol. The van der Waals surface area contributed by atoms with Gasteiger partial charge in [0.1, 0.15) is 5.82 Å². The molecule has 8 nitrogen and oxygen atoms in total. The summed E-state index contributed by atoms with van der Waals surface area (Å²) in [4.78, 5) is 20.6. The number of nitrogens with two attached hydrogens (primary N) is 1. The molecule has 0 saturated heterocycles. The van der Waals surface area contributed by atoms with E-state index in [1.807, 2.05) is 18.2 Å². The fourth-order valence-corrected chi connectivity index (χ4v) is 1.91. The van der Waals surface area contributed by atoms with Gasteiger partial charge in [0.25, 0.3) is 5.91 Å². The SMILES string of the molecule is NNc1cc(C(=O)Nc2nccnn2)c2ccccc2n1. The number of nitrogens with one attached hydrogen (secondary N) is 2. The van der Waals surface area contributed by atoms with Crippen LogP contribution in [0.2, 0.25) is 0 Å². The van der Waals surface area contributed by atoms with E-state index >= 15 is 0 Å². The Morgan fingerprint density at radius 3 is 2.81 bits per heavy atom. The zero-order chi connectivity index (χ0) is 14.7. The third-order valence-corrected chi connectivity index (χ3v) is 2.82. The van der Waals surface area contributed by atoms with Gasteiger partial charge in [-0.2, -0.15) is 5.10 Å². The number of carbonyl (C=O) groups is 1. The summed E-state index contributed by atoms with van der Waals surface area (Å²) >= 11 is 0. The molecule has 0 saturated carbocycles. The molecule has 0 bridgehead atoms. The molecular formula is C13H11N7O. The Morgan fingerprint density at radius 2 is 2.05 bits per heavy atom. The van der Waals surface area contributed by atoms with Crippen LogP contribution >= 0.6 is 0 Å². The van der Waals surface area contributed by atoms with Gasteiger partial charge in [-0.3, -0.25) is 10.1 Å². The van der Waals surface area contributed by atoms with Crippen molar-refractivity contribution in [2.75, 3.05) is 10.7 Å². The summed E-state index contributed by atoms with van der Waals surface area (Å²) in [6.45, 7) is 0. The molecule has 1 aromatic carbocycles. The van der Waals surface area contributed by atoms with Crippen LogP contribution in [-0.2, 0) is 0 Å². The molecule has 3 aromatic rings. The van der Waals surface area contributed by atoms with Crippen molar-refractivity contribution in [3.05, 3.63) is 48.3 Å². The second-order valence-corrected chi connectivity index (χ2v) is 4.14. The minimum atomic E-state index is -0.363. The minimum Gasteiger partial charge on any atom is -0.308 e. The van der Waals surface area contributed by atoms with Gasteiger partial charge in [0, 0.05) is 5.39 Å². The number of hydrogen-bond donors (Lipinski definition) is 3. The van der Waals surface area contributed by atoms with Gasteiger partial charge >= 0.3 is 0 Å². The quantitative estimate of drug-likeness (QED) is 0.483. The Kier molecular flexibility index (Phi) is 3.36. The largest absolute Gasteiger partial charge is 0.308 e. The minimum absolute atomic E-state index is 0.130. The maximum atomic E-state index is 12.4. The highest BCUT2D eigenvalue weighted by Crippen LogP contribution is 2.21. The summed E-state index contributed by atoms with van der Waals surface area (Å²) in [5.41, 5.74) is 3.52. The summed E-state index contributed by atoms with van der Waals surface area (Å²) in [5.74, 6) is 5.55. The lowest BCUT2D eigenvalue weighted by Crippen LogP contribution is -2.16. The van der Waals surface area contributed by atoms with Crippen LogP contribution < -0.4 is 16.6 Å². The highest BCUT2D eigenvalue weighted by Gasteiger charge is 2.13. The molecule has 8 heteroatoms. The number of pyridine rings is 1. The molecule has 3 rings (SSSR count). The lowest BCUT2D eigenvalue weighted by atomic mass is 10.1. The first-order chi connectivity index (χ1) is 10.3. The van der Waals surface area contributed by atoms with Crippen molar-refractivity contribution in [2.45, 2.75) is 0 Å². The van der Waals surface area contributed by atoms with E-state index in [1.165, 1.54) is 12.4 Å². The van der Waals surface area contributed by atoms with Crippen LogP contribution in [0.25, 0.3) is 10.9 Å². The summed E-state index contributed by atoms with van der Waals surface area (Å²) in [6, 6.07) is 8.83. The lowest BCUT2D eigenvalue weighted by molar-refractivity contribution is 0.102. The van der Waals surface area contributed by atoms with Crippen LogP contribution in [-0.4, -0.2) is 26.1 Å². The molecule has 0 fully saturated rings. The first-order valence-electron chi connectivity index (χ1n) is 6.09. The van der Waals surface area contributed by atoms with E-state index in [1.54, 1.807) is 12.1 Å². The molecule has 0 unspecified atom stereocenters. The average molecular weight is 281 g/mol. The number of amides is 1. The smallest absolute Gasteiger partial charge is 0.258 e. The Labute approximate surface area is 119 Å². The molecule has 0 atom stereocenters. The summed E-state index contributed by atoms with van der Waals surface area (Å²) < 4.78 is 0. The Hall–Kier alpha value is -3.13. The Morgan fingerprint density at radius 1 is 1.19 bits per heavy atom. The first-order valence-corrected chi connectivity index (χ1v) is 6.09. The fourth-order valence-electron chi connectivity index (χ4n) is 1.91. The molecule has 21 heavy (non-hydrogen) atoms. The van der Waals surface area contributed by atoms with Crippen molar-refractivity contribution in [1.82, 2.24) is 20.2 Å². The summed E-state index contributed by atoms with van der Waals surface area (Å²) in [5, 5.41) is 10.7. The second kappa shape index (κ2) is 5.47. The number of aromatic nitrogens is 4. The molecule has 4 N–H and O–H groups in total. The topological polar surface area (TPSA) is 119 Å². The van der Waals surface area contributed by atoms with Gasteiger partial charge in [0.15, 0.2) is 0 Å². The van der Waals surface area contributed by atoms with Gasteiger partial charge in [-0.05, 0) is 12.1 Å². The number of fused-ring (bicyclic) bond motifs is 1. The lowest BCUT2D eigenvalue weighted by Gasteiger charge is -2.08. The average Bonchev–Trinajstić information content (AvgIpc) is 2.54. The molecule has 104 valence electrons. The third kappa shape index (κ3) is 2.60. The highest BCUT2D eigenvalue weighted by molar-refractivity contribution is 6.12. The Bertz CT molecular complexity index is 791. The van der Waals surface area contributed by atoms with Crippen LogP contribution in [0.1, 0.15) is 10.4 Å². The van der Waals surface area contributed by atoms with Crippen molar-refractivity contribution in [3.8, 4) is 0 Å². The van der Waals surface area contributed by atoms with Crippen LogP contribution in [0.3, 0.4) is 0 Å². The second-order valence-electron chi connectivity index (χ2n) is 4.14. The highest BCUT2D eigenvalue weighted by atomic mass is 16.1. The predicted octanol–water partition coefficient (Wildman–Crippen LogP) is 0.958. The predicted molar refractivity (Wildman–Crippen MR) is 77.3 cm³/mol. The maximum absolute atomic E-state index is 12.4. The van der Waals surface area contributed by atoms with Crippen LogP contribution in [0.5, 0.6) is 0 Å².